The van der Waals surface area contributed by atoms with Gasteiger partial charge in [-0.3, -0.25) is 0 Å². The fraction of sp³-hybridized carbons (Fsp3) is 0.950. The molecule has 1 heterocycles. The standard InChI is InChI=1S/C20H40N2O.Cl2O/c1-3-4-5-6-7-8-9-10-11-12-13-14-15-16-17-22-19-18-21(2)20(22)23;1-3-2/h3-19H2,1-2H3;. The van der Waals surface area contributed by atoms with Gasteiger partial charge in [-0.15, -0.1) is 0 Å². The second-order valence-corrected chi connectivity index (χ2v) is 7.81. The van der Waals surface area contributed by atoms with Crippen molar-refractivity contribution in [1.29, 1.82) is 0 Å². The number of likely N-dealkylation sites (N-methyl/N-ethyl adjacent to an activating group) is 1. The number of nitrogens with zero attached hydrogens (tertiary/aromatic N) is 2. The molecule has 2 amide bonds. The third-order valence-corrected chi connectivity index (χ3v) is 5.08. The third-order valence-electron chi connectivity index (χ3n) is 5.08. The highest BCUT2D eigenvalue weighted by Crippen LogP contribution is 2.13. The van der Waals surface area contributed by atoms with Crippen LogP contribution in [0, 0.1) is 0 Å². The highest BCUT2D eigenvalue weighted by atomic mass is 35.6. The van der Waals surface area contributed by atoms with Crippen LogP contribution in [0.15, 0.2) is 0 Å². The molecule has 0 radical (unpaired) electrons. The van der Waals surface area contributed by atoms with Gasteiger partial charge in [0.25, 0.3) is 0 Å². The van der Waals surface area contributed by atoms with Crippen molar-refractivity contribution in [3.8, 4) is 0 Å². The fourth-order valence-electron chi connectivity index (χ4n) is 3.41. The van der Waals surface area contributed by atoms with Gasteiger partial charge in [0.1, 0.15) is 0 Å². The second kappa shape index (κ2) is 19.6. The Morgan fingerprint density at radius 3 is 1.50 bits per heavy atom. The zero-order valence-electron chi connectivity index (χ0n) is 17.0. The molecule has 0 spiro atoms. The van der Waals surface area contributed by atoms with Crippen LogP contribution < -0.4 is 0 Å². The van der Waals surface area contributed by atoms with Crippen molar-refractivity contribution in [1.82, 2.24) is 9.80 Å². The van der Waals surface area contributed by atoms with Crippen LogP contribution in [0.2, 0.25) is 0 Å². The van der Waals surface area contributed by atoms with E-state index < -0.39 is 0 Å². The molecule has 1 aliphatic heterocycles. The number of carbonyl (C=O) groups is 1. The second-order valence-electron chi connectivity index (χ2n) is 7.35. The molecular formula is C20H40Cl2N2O2. The van der Waals surface area contributed by atoms with E-state index in [4.69, 9.17) is 0 Å². The molecule has 0 aromatic rings. The van der Waals surface area contributed by atoms with Gasteiger partial charge in [0.05, 0.1) is 23.7 Å². The Bertz CT molecular complexity index is 320. The van der Waals surface area contributed by atoms with Crippen LogP contribution >= 0.6 is 23.7 Å². The molecule has 0 bridgehead atoms. The van der Waals surface area contributed by atoms with Gasteiger partial charge in [-0.25, -0.2) is 4.79 Å². The molecule has 1 fully saturated rings. The van der Waals surface area contributed by atoms with E-state index in [1.807, 2.05) is 16.8 Å². The lowest BCUT2D eigenvalue weighted by molar-refractivity contribution is 0.198. The Labute approximate surface area is 171 Å². The lowest BCUT2D eigenvalue weighted by atomic mass is 10.0. The quantitative estimate of drug-likeness (QED) is 0.268. The number of rotatable bonds is 15. The topological polar surface area (TPSA) is 32.8 Å². The summed E-state index contributed by atoms with van der Waals surface area (Å²) in [6.45, 7) is 5.07. The third kappa shape index (κ3) is 14.9. The number of amides is 2. The predicted molar refractivity (Wildman–Crippen MR) is 113 cm³/mol. The summed E-state index contributed by atoms with van der Waals surface area (Å²) in [5.74, 6) is 0. The lowest BCUT2D eigenvalue weighted by Gasteiger charge is -2.15. The molecule has 1 rings (SSSR count). The van der Waals surface area contributed by atoms with E-state index in [1.165, 1.54) is 89.9 Å². The van der Waals surface area contributed by atoms with Crippen LogP contribution in [0.1, 0.15) is 96.8 Å². The summed E-state index contributed by atoms with van der Waals surface area (Å²) in [6, 6.07) is 0.222. The molecule has 0 aliphatic carbocycles. The molecule has 0 aromatic carbocycles. The van der Waals surface area contributed by atoms with Gasteiger partial charge in [0.15, 0.2) is 0 Å². The van der Waals surface area contributed by atoms with Gasteiger partial charge in [0.2, 0.25) is 0 Å². The largest absolute Gasteiger partial charge is 0.326 e. The van der Waals surface area contributed by atoms with E-state index in [0.29, 0.717) is 0 Å². The van der Waals surface area contributed by atoms with Gasteiger partial charge in [0, 0.05) is 26.7 Å². The van der Waals surface area contributed by atoms with Crippen LogP contribution in [-0.2, 0) is 3.84 Å². The average molecular weight is 411 g/mol. The number of urea groups is 1. The van der Waals surface area contributed by atoms with Crippen molar-refractivity contribution >= 4 is 29.8 Å². The van der Waals surface area contributed by atoms with Crippen molar-refractivity contribution in [3.63, 3.8) is 0 Å². The maximum absolute atomic E-state index is 11.7. The first-order valence-corrected chi connectivity index (χ1v) is 11.2. The van der Waals surface area contributed by atoms with Crippen LogP contribution in [0.3, 0.4) is 0 Å². The molecule has 0 unspecified atom stereocenters. The first-order valence-electron chi connectivity index (χ1n) is 10.6. The monoisotopic (exact) mass is 410 g/mol. The number of unbranched alkanes of at least 4 members (excludes halogenated alkanes) is 13. The smallest absolute Gasteiger partial charge is 0.319 e. The Balaban J connectivity index is 0.00000194. The van der Waals surface area contributed by atoms with E-state index in [0.717, 1.165) is 19.6 Å². The fourth-order valence-corrected chi connectivity index (χ4v) is 3.41. The highest BCUT2D eigenvalue weighted by Gasteiger charge is 2.23. The maximum atomic E-state index is 11.7. The first-order chi connectivity index (χ1) is 12.7. The van der Waals surface area contributed by atoms with Crippen molar-refractivity contribution < 1.29 is 8.64 Å². The number of carbonyl (C=O) groups excluding carboxylic acids is 1. The van der Waals surface area contributed by atoms with Crippen molar-refractivity contribution in [2.45, 2.75) is 96.8 Å². The molecule has 0 saturated carbocycles. The number of hydrogen-bond donors (Lipinski definition) is 0. The molecule has 156 valence electrons. The van der Waals surface area contributed by atoms with Crippen molar-refractivity contribution in [2.75, 3.05) is 26.7 Å². The average Bonchev–Trinajstić information content (AvgIpc) is 2.95. The maximum Gasteiger partial charge on any atom is 0.319 e. The van der Waals surface area contributed by atoms with Gasteiger partial charge < -0.3 is 9.80 Å². The van der Waals surface area contributed by atoms with E-state index in [9.17, 15) is 4.79 Å². The SMILES string of the molecule is CCCCCCCCCCCCCCCCN1CCN(C)C1=O.ClOCl. The predicted octanol–water partition coefficient (Wildman–Crippen LogP) is 7.15. The Kier molecular flexibility index (Phi) is 19.4. The summed E-state index contributed by atoms with van der Waals surface area (Å²) in [5.41, 5.74) is 0. The number of hydrogen-bond acceptors (Lipinski definition) is 2. The van der Waals surface area contributed by atoms with E-state index in [1.54, 1.807) is 0 Å². The zero-order valence-corrected chi connectivity index (χ0v) is 18.5. The number of halogens is 2. The van der Waals surface area contributed by atoms with Gasteiger partial charge in [-0.2, -0.15) is 3.84 Å². The van der Waals surface area contributed by atoms with Crippen molar-refractivity contribution in [3.05, 3.63) is 0 Å². The minimum atomic E-state index is 0.222. The first kappa shape index (κ1) is 25.8. The summed E-state index contributed by atoms with van der Waals surface area (Å²) in [4.78, 5) is 15.5. The van der Waals surface area contributed by atoms with Gasteiger partial charge in [-0.05, 0) is 6.42 Å². The molecule has 1 aliphatic rings. The summed E-state index contributed by atoms with van der Waals surface area (Å²) in [6.07, 6.45) is 19.4. The summed E-state index contributed by atoms with van der Waals surface area (Å²) in [5, 5.41) is 0. The molecule has 0 atom stereocenters. The van der Waals surface area contributed by atoms with Crippen molar-refractivity contribution in [2.24, 2.45) is 0 Å². The minimum absolute atomic E-state index is 0.222. The molecule has 4 nitrogen and oxygen atoms in total. The Morgan fingerprint density at radius 2 is 1.15 bits per heavy atom. The van der Waals surface area contributed by atoms with E-state index in [-0.39, 0.29) is 6.03 Å². The lowest BCUT2D eigenvalue weighted by Crippen LogP contribution is -2.30. The summed E-state index contributed by atoms with van der Waals surface area (Å²) in [7, 11) is 1.90. The Hall–Kier alpha value is -0.190. The molecule has 0 N–H and O–H groups in total. The molecule has 0 aromatic heterocycles. The van der Waals surface area contributed by atoms with Gasteiger partial charge >= 0.3 is 6.03 Å². The summed E-state index contributed by atoms with van der Waals surface area (Å²) < 4.78 is 3.19. The molecule has 1 saturated heterocycles. The molecule has 6 heteroatoms. The van der Waals surface area contributed by atoms with E-state index in [2.05, 4.69) is 34.5 Å². The molecular weight excluding hydrogens is 371 g/mol. The van der Waals surface area contributed by atoms with E-state index >= 15 is 0 Å². The normalized spacial score (nSPS) is 13.9. The summed E-state index contributed by atoms with van der Waals surface area (Å²) >= 11 is 8.53. The minimum Gasteiger partial charge on any atom is -0.326 e. The highest BCUT2D eigenvalue weighted by molar-refractivity contribution is 6.24. The molecule has 26 heavy (non-hydrogen) atoms. The Morgan fingerprint density at radius 1 is 0.769 bits per heavy atom. The van der Waals surface area contributed by atoms with Crippen LogP contribution in [-0.4, -0.2) is 42.5 Å². The zero-order chi connectivity index (χ0) is 19.5. The van der Waals surface area contributed by atoms with Gasteiger partial charge in [-0.1, -0.05) is 90.4 Å². The van der Waals surface area contributed by atoms with Crippen LogP contribution in [0.4, 0.5) is 4.79 Å². The van der Waals surface area contributed by atoms with Crippen LogP contribution in [0.25, 0.3) is 0 Å². The van der Waals surface area contributed by atoms with Crippen LogP contribution in [0.5, 0.6) is 0 Å².